The van der Waals surface area contributed by atoms with Crippen LogP contribution >= 0.6 is 23.1 Å². The molecule has 0 radical (unpaired) electrons. The van der Waals surface area contributed by atoms with E-state index >= 15 is 0 Å². The van der Waals surface area contributed by atoms with Crippen LogP contribution in [0.2, 0.25) is 0 Å². The zero-order valence-electron chi connectivity index (χ0n) is 19.8. The second-order valence-electron chi connectivity index (χ2n) is 12.0. The summed E-state index contributed by atoms with van der Waals surface area (Å²) in [7, 11) is 0. The molecule has 1 saturated heterocycles. The maximum absolute atomic E-state index is 12.9. The van der Waals surface area contributed by atoms with Crippen molar-refractivity contribution >= 4 is 39.2 Å². The van der Waals surface area contributed by atoms with E-state index in [1.165, 1.54) is 72.0 Å². The number of aryl methyl sites for hydroxylation is 1. The predicted molar refractivity (Wildman–Crippen MR) is 135 cm³/mol. The highest BCUT2D eigenvalue weighted by atomic mass is 32.2. The van der Waals surface area contributed by atoms with Crippen molar-refractivity contribution in [2.24, 2.45) is 23.7 Å². The van der Waals surface area contributed by atoms with Gasteiger partial charge in [0.1, 0.15) is 15.7 Å². The summed E-state index contributed by atoms with van der Waals surface area (Å²) >= 11 is 3.64. The summed E-state index contributed by atoms with van der Waals surface area (Å²) in [5.41, 5.74) is 1.70. The quantitative estimate of drug-likeness (QED) is 0.397. The summed E-state index contributed by atoms with van der Waals surface area (Å²) in [6, 6.07) is 0. The molecule has 0 aromatic carbocycles. The maximum Gasteiger partial charge on any atom is 0.232 e. The number of thiophene rings is 1. The fourth-order valence-corrected chi connectivity index (χ4v) is 10.6. The molecule has 176 valence electrons. The Bertz CT molecular complexity index is 1070. The first-order valence-electron chi connectivity index (χ1n) is 13.3. The van der Waals surface area contributed by atoms with Crippen LogP contribution in [-0.2, 0) is 23.1 Å². The zero-order valence-corrected chi connectivity index (χ0v) is 21.4. The van der Waals surface area contributed by atoms with Gasteiger partial charge in [-0.2, -0.15) is 0 Å². The average Bonchev–Trinajstić information content (AvgIpc) is 3.44. The second kappa shape index (κ2) is 7.94. The fourth-order valence-electron chi connectivity index (χ4n) is 8.22. The van der Waals surface area contributed by atoms with Crippen molar-refractivity contribution in [1.29, 1.82) is 0 Å². The number of likely N-dealkylation sites (tertiary alicyclic amines) is 1. The van der Waals surface area contributed by atoms with Gasteiger partial charge in [-0.1, -0.05) is 18.7 Å². The van der Waals surface area contributed by atoms with Crippen LogP contribution in [-0.4, -0.2) is 39.6 Å². The van der Waals surface area contributed by atoms with Gasteiger partial charge in [-0.05, 0) is 99.9 Å². The minimum atomic E-state index is 0.203. The molecule has 8 rings (SSSR count). The number of aromatic nitrogens is 2. The van der Waals surface area contributed by atoms with Gasteiger partial charge >= 0.3 is 0 Å². The molecule has 0 N–H and O–H groups in total. The maximum atomic E-state index is 12.9. The van der Waals surface area contributed by atoms with Crippen molar-refractivity contribution in [1.82, 2.24) is 14.9 Å². The smallest absolute Gasteiger partial charge is 0.232 e. The van der Waals surface area contributed by atoms with Gasteiger partial charge in [-0.3, -0.25) is 4.79 Å². The number of hydrogen-bond acceptors (Lipinski definition) is 5. The lowest BCUT2D eigenvalue weighted by atomic mass is 9.49. The fraction of sp³-hybridized carbons (Fsp3) is 0.741. The molecule has 4 nitrogen and oxygen atoms in total. The SMILES string of the molecule is CC1CCc2c(sc3nc(C45CC6CC(CC(C6)C4)C5)nc(SCC(=O)N4CCCC4)c23)C1. The van der Waals surface area contributed by atoms with Crippen LogP contribution in [0.5, 0.6) is 0 Å². The number of hydrogen-bond donors (Lipinski definition) is 0. The van der Waals surface area contributed by atoms with E-state index in [2.05, 4.69) is 11.8 Å². The third-order valence-corrected chi connectivity index (χ3v) is 11.5. The van der Waals surface area contributed by atoms with E-state index in [0.717, 1.165) is 66.9 Å². The van der Waals surface area contributed by atoms with E-state index in [0.29, 0.717) is 11.7 Å². The molecule has 1 aliphatic heterocycles. The van der Waals surface area contributed by atoms with Gasteiger partial charge in [0.2, 0.25) is 5.91 Å². The molecule has 5 fully saturated rings. The molecule has 33 heavy (non-hydrogen) atoms. The second-order valence-corrected chi connectivity index (χ2v) is 14.0. The van der Waals surface area contributed by atoms with Gasteiger partial charge in [-0.15, -0.1) is 11.3 Å². The number of amides is 1. The lowest BCUT2D eigenvalue weighted by Crippen LogP contribution is -2.49. The van der Waals surface area contributed by atoms with E-state index in [-0.39, 0.29) is 5.41 Å². The first-order valence-corrected chi connectivity index (χ1v) is 15.1. The van der Waals surface area contributed by atoms with Gasteiger partial charge in [0.05, 0.1) is 5.75 Å². The molecular formula is C27H35N3OS2. The first kappa shape index (κ1) is 21.2. The van der Waals surface area contributed by atoms with Crippen LogP contribution in [0, 0.1) is 23.7 Å². The third-order valence-electron chi connectivity index (χ3n) is 9.43. The Morgan fingerprint density at radius 3 is 2.48 bits per heavy atom. The number of thioether (sulfide) groups is 1. The van der Waals surface area contributed by atoms with E-state index in [1.54, 1.807) is 11.8 Å². The number of fused-ring (bicyclic) bond motifs is 3. The molecule has 4 bridgehead atoms. The number of nitrogens with zero attached hydrogens (tertiary/aromatic N) is 3. The molecule has 6 heteroatoms. The van der Waals surface area contributed by atoms with Crippen LogP contribution < -0.4 is 0 Å². The molecule has 3 heterocycles. The van der Waals surface area contributed by atoms with Crippen molar-refractivity contribution in [3.63, 3.8) is 0 Å². The van der Waals surface area contributed by atoms with Crippen molar-refractivity contribution in [2.45, 2.75) is 88.0 Å². The molecular weight excluding hydrogens is 446 g/mol. The van der Waals surface area contributed by atoms with Gasteiger partial charge < -0.3 is 4.90 Å². The lowest BCUT2D eigenvalue weighted by Gasteiger charge is -2.56. The van der Waals surface area contributed by atoms with Crippen LogP contribution in [0.15, 0.2) is 5.03 Å². The monoisotopic (exact) mass is 481 g/mol. The summed E-state index contributed by atoms with van der Waals surface area (Å²) < 4.78 is 0. The number of rotatable bonds is 4. The summed E-state index contributed by atoms with van der Waals surface area (Å²) in [4.78, 5) is 28.4. The third kappa shape index (κ3) is 3.57. The minimum absolute atomic E-state index is 0.203. The van der Waals surface area contributed by atoms with Crippen molar-refractivity contribution < 1.29 is 4.79 Å². The summed E-state index contributed by atoms with van der Waals surface area (Å²) in [6.07, 6.45) is 14.1. The topological polar surface area (TPSA) is 46.1 Å². The standard InChI is InChI=1S/C27H35N3OS2/c1-16-4-5-20-21(8-16)33-25-23(20)24(32-15-22(31)30-6-2-3-7-30)28-26(29-25)27-12-17-9-18(13-27)11-19(10-17)14-27/h16-19H,2-15H2,1H3. The molecule has 6 aliphatic rings. The van der Waals surface area contributed by atoms with Crippen LogP contribution in [0.1, 0.15) is 81.0 Å². The average molecular weight is 482 g/mol. The van der Waals surface area contributed by atoms with Gasteiger partial charge in [0.15, 0.2) is 0 Å². The highest BCUT2D eigenvalue weighted by Crippen LogP contribution is 2.60. The summed E-state index contributed by atoms with van der Waals surface area (Å²) in [6.45, 7) is 4.25. The zero-order chi connectivity index (χ0) is 22.2. The van der Waals surface area contributed by atoms with Crippen LogP contribution in [0.3, 0.4) is 0 Å². The Morgan fingerprint density at radius 2 is 1.79 bits per heavy atom. The van der Waals surface area contributed by atoms with Crippen LogP contribution in [0.25, 0.3) is 10.2 Å². The van der Waals surface area contributed by atoms with E-state index in [1.807, 2.05) is 11.3 Å². The molecule has 4 saturated carbocycles. The minimum Gasteiger partial charge on any atom is -0.342 e. The predicted octanol–water partition coefficient (Wildman–Crippen LogP) is 6.00. The Hall–Kier alpha value is -1.14. The Morgan fingerprint density at radius 1 is 1.09 bits per heavy atom. The molecule has 1 atom stereocenters. The first-order chi connectivity index (χ1) is 16.1. The normalized spacial score (nSPS) is 34.9. The lowest BCUT2D eigenvalue weighted by molar-refractivity contribution is -0.127. The molecule has 1 amide bonds. The van der Waals surface area contributed by atoms with Crippen LogP contribution in [0.4, 0.5) is 0 Å². The van der Waals surface area contributed by atoms with E-state index in [4.69, 9.17) is 9.97 Å². The van der Waals surface area contributed by atoms with Crippen molar-refractivity contribution in [3.05, 3.63) is 16.3 Å². The van der Waals surface area contributed by atoms with Gasteiger partial charge in [0, 0.05) is 28.8 Å². The highest BCUT2D eigenvalue weighted by molar-refractivity contribution is 8.00. The van der Waals surface area contributed by atoms with Gasteiger partial charge in [0.25, 0.3) is 0 Å². The summed E-state index contributed by atoms with van der Waals surface area (Å²) in [5, 5.41) is 2.42. The van der Waals surface area contributed by atoms with E-state index < -0.39 is 0 Å². The highest BCUT2D eigenvalue weighted by Gasteiger charge is 2.53. The Labute approximate surface area is 205 Å². The Balaban J connectivity index is 1.29. The van der Waals surface area contributed by atoms with Crippen molar-refractivity contribution in [3.8, 4) is 0 Å². The molecule has 1 unspecified atom stereocenters. The van der Waals surface area contributed by atoms with E-state index in [9.17, 15) is 4.79 Å². The van der Waals surface area contributed by atoms with Gasteiger partial charge in [-0.25, -0.2) is 9.97 Å². The molecule has 0 spiro atoms. The molecule has 2 aromatic heterocycles. The van der Waals surface area contributed by atoms with Crippen molar-refractivity contribution in [2.75, 3.05) is 18.8 Å². The molecule has 5 aliphatic carbocycles. The Kier molecular flexibility index (Phi) is 5.09. The largest absolute Gasteiger partial charge is 0.342 e. The molecule has 2 aromatic rings. The summed E-state index contributed by atoms with van der Waals surface area (Å²) in [5.74, 6) is 5.37. The number of carbonyl (C=O) groups is 1. The number of carbonyl (C=O) groups excluding carboxylic acids is 1.